The SMILES string of the molecule is C=CC(=O)OCCC[Si](C)(C)c1ccc(C(=O)OC2CCC([C@H]3CC[C@H](OC(=O)c4ccc([Si](C)(C)CCCOC(=O)C=C)cc4)CC3)CC2)cc1. The second kappa shape index (κ2) is 19.4. The molecule has 282 valence electrons. The third kappa shape index (κ3) is 12.2. The van der Waals surface area contributed by atoms with E-state index in [9.17, 15) is 19.2 Å². The molecule has 2 saturated carbocycles. The number of hydrogen-bond acceptors (Lipinski definition) is 8. The predicted molar refractivity (Wildman–Crippen MR) is 211 cm³/mol. The number of carbonyl (C=O) groups is 4. The highest BCUT2D eigenvalue weighted by molar-refractivity contribution is 6.90. The fourth-order valence-electron chi connectivity index (χ4n) is 7.69. The van der Waals surface area contributed by atoms with E-state index in [2.05, 4.69) is 63.6 Å². The van der Waals surface area contributed by atoms with Gasteiger partial charge in [0.15, 0.2) is 0 Å². The number of ether oxygens (including phenoxy) is 4. The Morgan fingerprint density at radius 3 is 1.21 bits per heavy atom. The smallest absolute Gasteiger partial charge is 0.338 e. The maximum Gasteiger partial charge on any atom is 0.338 e. The average molecular weight is 747 g/mol. The van der Waals surface area contributed by atoms with Crippen molar-refractivity contribution in [1.82, 2.24) is 0 Å². The molecule has 0 aromatic heterocycles. The summed E-state index contributed by atoms with van der Waals surface area (Å²) in [4.78, 5) is 48.6. The van der Waals surface area contributed by atoms with E-state index in [0.29, 0.717) is 36.2 Å². The fourth-order valence-corrected chi connectivity index (χ4v) is 12.5. The van der Waals surface area contributed by atoms with Crippen molar-refractivity contribution in [1.29, 1.82) is 0 Å². The van der Waals surface area contributed by atoms with E-state index >= 15 is 0 Å². The highest BCUT2D eigenvalue weighted by Gasteiger charge is 2.33. The Labute approximate surface area is 312 Å². The van der Waals surface area contributed by atoms with Gasteiger partial charge in [0.1, 0.15) is 12.2 Å². The van der Waals surface area contributed by atoms with Crippen LogP contribution < -0.4 is 10.4 Å². The summed E-state index contributed by atoms with van der Waals surface area (Å²) >= 11 is 0. The van der Waals surface area contributed by atoms with Crippen LogP contribution in [0.15, 0.2) is 73.8 Å². The highest BCUT2D eigenvalue weighted by atomic mass is 28.3. The molecule has 0 bridgehead atoms. The van der Waals surface area contributed by atoms with Crippen LogP contribution in [0.3, 0.4) is 0 Å². The third-order valence-electron chi connectivity index (χ3n) is 11.2. The van der Waals surface area contributed by atoms with E-state index in [0.717, 1.165) is 76.3 Å². The van der Waals surface area contributed by atoms with E-state index in [-0.39, 0.29) is 36.1 Å². The lowest BCUT2D eigenvalue weighted by Gasteiger charge is -2.37. The number of rotatable bonds is 17. The quantitative estimate of drug-likeness (QED) is 0.0530. The van der Waals surface area contributed by atoms with Crippen LogP contribution in [0.25, 0.3) is 0 Å². The predicted octanol–water partition coefficient (Wildman–Crippen LogP) is 7.89. The molecule has 0 spiro atoms. The summed E-state index contributed by atoms with van der Waals surface area (Å²) in [5.41, 5.74) is 1.18. The van der Waals surface area contributed by atoms with Gasteiger partial charge < -0.3 is 18.9 Å². The minimum atomic E-state index is -1.73. The van der Waals surface area contributed by atoms with Gasteiger partial charge in [0.2, 0.25) is 0 Å². The van der Waals surface area contributed by atoms with Crippen LogP contribution in [0, 0.1) is 11.8 Å². The molecule has 0 N–H and O–H groups in total. The van der Waals surface area contributed by atoms with Crippen LogP contribution >= 0.6 is 0 Å². The van der Waals surface area contributed by atoms with Gasteiger partial charge in [0.25, 0.3) is 0 Å². The first-order chi connectivity index (χ1) is 24.8. The molecular weight excluding hydrogens is 689 g/mol. The molecule has 52 heavy (non-hydrogen) atoms. The van der Waals surface area contributed by atoms with Crippen molar-refractivity contribution in [2.45, 2.75) is 115 Å². The van der Waals surface area contributed by atoms with Gasteiger partial charge in [0.05, 0.1) is 40.5 Å². The molecule has 0 amide bonds. The van der Waals surface area contributed by atoms with Gasteiger partial charge >= 0.3 is 23.9 Å². The zero-order valence-electron chi connectivity index (χ0n) is 31.7. The van der Waals surface area contributed by atoms with Crippen LogP contribution in [0.2, 0.25) is 38.3 Å². The lowest BCUT2D eigenvalue weighted by molar-refractivity contribution is -0.138. The molecule has 0 aliphatic heterocycles. The van der Waals surface area contributed by atoms with Crippen molar-refractivity contribution in [3.63, 3.8) is 0 Å². The van der Waals surface area contributed by atoms with Gasteiger partial charge in [-0.25, -0.2) is 19.2 Å². The van der Waals surface area contributed by atoms with Crippen LogP contribution in [0.1, 0.15) is 84.9 Å². The van der Waals surface area contributed by atoms with E-state index < -0.39 is 16.1 Å². The van der Waals surface area contributed by atoms with Crippen LogP contribution in [0.5, 0.6) is 0 Å². The molecule has 0 heterocycles. The Morgan fingerprint density at radius 2 is 0.904 bits per heavy atom. The summed E-state index contributed by atoms with van der Waals surface area (Å²) in [6.45, 7) is 16.8. The monoisotopic (exact) mass is 746 g/mol. The Hall–Kier alpha value is -3.77. The van der Waals surface area contributed by atoms with Crippen LogP contribution in [-0.4, -0.2) is 65.4 Å². The molecule has 10 heteroatoms. The van der Waals surface area contributed by atoms with Gasteiger partial charge in [-0.1, -0.05) is 86.1 Å². The molecule has 2 aliphatic rings. The first-order valence-electron chi connectivity index (χ1n) is 19.0. The van der Waals surface area contributed by atoms with E-state index in [1.807, 2.05) is 24.3 Å². The summed E-state index contributed by atoms with van der Waals surface area (Å²) in [6, 6.07) is 17.7. The Bertz CT molecular complexity index is 1400. The third-order valence-corrected chi connectivity index (χ3v) is 18.2. The number of hydrogen-bond donors (Lipinski definition) is 0. The van der Waals surface area contributed by atoms with Gasteiger partial charge in [-0.05, 0) is 100 Å². The number of esters is 4. The highest BCUT2D eigenvalue weighted by Crippen LogP contribution is 2.40. The van der Waals surface area contributed by atoms with E-state index in [1.54, 1.807) is 0 Å². The Kier molecular flexibility index (Phi) is 15.3. The molecule has 2 aromatic carbocycles. The molecule has 2 aliphatic carbocycles. The molecule has 8 nitrogen and oxygen atoms in total. The van der Waals surface area contributed by atoms with Crippen LogP contribution in [0.4, 0.5) is 0 Å². The van der Waals surface area contributed by atoms with Crippen molar-refractivity contribution >= 4 is 50.4 Å². The zero-order chi connectivity index (χ0) is 37.7. The maximum absolute atomic E-state index is 13.0. The van der Waals surface area contributed by atoms with Crippen molar-refractivity contribution in [3.8, 4) is 0 Å². The topological polar surface area (TPSA) is 105 Å². The number of carbonyl (C=O) groups excluding carboxylic acids is 4. The molecule has 0 radical (unpaired) electrons. The molecule has 0 atom stereocenters. The minimum absolute atomic E-state index is 0.0496. The van der Waals surface area contributed by atoms with Gasteiger partial charge in [-0.2, -0.15) is 0 Å². The summed E-state index contributed by atoms with van der Waals surface area (Å²) in [5, 5.41) is 2.53. The first-order valence-corrected chi connectivity index (χ1v) is 25.4. The fraction of sp³-hybridized carbons (Fsp3) is 0.524. The van der Waals surface area contributed by atoms with E-state index in [4.69, 9.17) is 18.9 Å². The zero-order valence-corrected chi connectivity index (χ0v) is 33.7. The summed E-state index contributed by atoms with van der Waals surface area (Å²) in [6.07, 6.45) is 11.6. The Balaban J connectivity index is 1.14. The van der Waals surface area contributed by atoms with Crippen LogP contribution in [-0.2, 0) is 28.5 Å². The van der Waals surface area contributed by atoms with Gasteiger partial charge in [-0.15, -0.1) is 0 Å². The lowest BCUT2D eigenvalue weighted by atomic mass is 9.72. The summed E-state index contributed by atoms with van der Waals surface area (Å²) in [7, 11) is -3.47. The molecule has 0 saturated heterocycles. The number of benzene rings is 2. The maximum atomic E-state index is 13.0. The standard InChI is InChI=1S/C42H58O8Si2/c1-7-39(43)47-27-9-29-51(3,4)37-23-15-33(16-24-37)41(45)49-35-19-11-31(12-20-35)32-13-21-36(22-14-32)50-42(46)34-17-25-38(26-18-34)52(5,6)30-10-28-48-40(44)8-2/h7-8,15-18,23-26,31-32,35-36H,1-2,9-14,19-22,27-30H2,3-6H3/t31-,32?,35-,36?. The molecule has 4 rings (SSSR count). The van der Waals surface area contributed by atoms with Crippen molar-refractivity contribution < 1.29 is 38.1 Å². The molecule has 2 fully saturated rings. The normalized spacial score (nSPS) is 20.6. The molecule has 2 aromatic rings. The van der Waals surface area contributed by atoms with Crippen molar-refractivity contribution in [2.24, 2.45) is 11.8 Å². The van der Waals surface area contributed by atoms with Crippen molar-refractivity contribution in [2.75, 3.05) is 13.2 Å². The van der Waals surface area contributed by atoms with Crippen molar-refractivity contribution in [3.05, 3.63) is 85.0 Å². The lowest BCUT2D eigenvalue weighted by Crippen LogP contribution is -2.41. The molecule has 0 unspecified atom stereocenters. The van der Waals surface area contributed by atoms with E-state index in [1.165, 1.54) is 22.5 Å². The second-order valence-electron chi connectivity index (χ2n) is 15.8. The summed E-state index contributed by atoms with van der Waals surface area (Å²) < 4.78 is 22.2. The largest absolute Gasteiger partial charge is 0.463 e. The minimum Gasteiger partial charge on any atom is -0.463 e. The van der Waals surface area contributed by atoms with Gasteiger partial charge in [0, 0.05) is 12.2 Å². The Morgan fingerprint density at radius 1 is 0.577 bits per heavy atom. The second-order valence-corrected chi connectivity index (χ2v) is 25.4. The first kappa shape index (κ1) is 41.0. The average Bonchev–Trinajstić information content (AvgIpc) is 3.15. The summed E-state index contributed by atoms with van der Waals surface area (Å²) in [5.74, 6) is -0.0472. The molecular formula is C42H58O8Si2. The van der Waals surface area contributed by atoms with Gasteiger partial charge in [-0.3, -0.25) is 0 Å².